The molecule has 1 atom stereocenters. The fraction of sp³-hybridized carbons (Fsp3) is 0.267. The summed E-state index contributed by atoms with van der Waals surface area (Å²) in [6.07, 6.45) is 0. The van der Waals surface area contributed by atoms with Crippen LogP contribution in [0.2, 0.25) is 0 Å². The van der Waals surface area contributed by atoms with Crippen LogP contribution in [0.3, 0.4) is 0 Å². The van der Waals surface area contributed by atoms with Crippen LogP contribution in [0.5, 0.6) is 0 Å². The van der Waals surface area contributed by atoms with E-state index in [0.717, 1.165) is 5.56 Å². The minimum Gasteiger partial charge on any atom is -0.324 e. The molecule has 1 saturated heterocycles. The summed E-state index contributed by atoms with van der Waals surface area (Å²) >= 11 is 1.69. The van der Waals surface area contributed by atoms with E-state index in [1.54, 1.807) is 11.3 Å². The molecule has 2 aromatic rings. The molecule has 0 bridgehead atoms. The Labute approximate surface area is 116 Å². The van der Waals surface area contributed by atoms with Gasteiger partial charge in [0.15, 0.2) is 0 Å². The predicted octanol–water partition coefficient (Wildman–Crippen LogP) is 2.69. The molecule has 1 aliphatic heterocycles. The number of hydrogen-bond acceptors (Lipinski definition) is 3. The maximum Gasteiger partial charge on any atom is 0.245 e. The highest BCUT2D eigenvalue weighted by molar-refractivity contribution is 7.08. The summed E-state index contributed by atoms with van der Waals surface area (Å²) in [5.74, 6) is 0.164. The van der Waals surface area contributed by atoms with Crippen molar-refractivity contribution in [3.8, 4) is 0 Å². The predicted molar refractivity (Wildman–Crippen MR) is 76.8 cm³/mol. The number of nitrogens with zero attached hydrogens (tertiary/aromatic N) is 1. The van der Waals surface area contributed by atoms with Gasteiger partial charge in [0, 0.05) is 6.54 Å². The molecule has 0 saturated carbocycles. The van der Waals surface area contributed by atoms with Crippen LogP contribution in [0.4, 0.5) is 0 Å². The Balaban J connectivity index is 1.74. The van der Waals surface area contributed by atoms with E-state index in [2.05, 4.69) is 23.0 Å². The van der Waals surface area contributed by atoms with Gasteiger partial charge < -0.3 is 4.90 Å². The lowest BCUT2D eigenvalue weighted by atomic mass is 10.1. The molecule has 1 aromatic carbocycles. The quantitative estimate of drug-likeness (QED) is 0.931. The van der Waals surface area contributed by atoms with Gasteiger partial charge in [-0.1, -0.05) is 30.3 Å². The van der Waals surface area contributed by atoms with Crippen LogP contribution in [0.25, 0.3) is 0 Å². The van der Waals surface area contributed by atoms with Crippen molar-refractivity contribution in [2.75, 3.05) is 6.67 Å². The van der Waals surface area contributed by atoms with Gasteiger partial charge in [0.2, 0.25) is 5.91 Å². The third kappa shape index (κ3) is 2.41. The van der Waals surface area contributed by atoms with Crippen LogP contribution < -0.4 is 5.32 Å². The zero-order valence-electron chi connectivity index (χ0n) is 10.8. The standard InChI is InChI=1S/C15H16N2OS/c1-11-8-19-9-13(11)7-17-10-16-14(15(17)18)12-5-3-2-4-6-12/h2-6,8-9,14,16H,7,10H2,1H3. The van der Waals surface area contributed by atoms with E-state index in [9.17, 15) is 4.79 Å². The Morgan fingerprint density at radius 3 is 2.79 bits per heavy atom. The Kier molecular flexibility index (Phi) is 3.36. The first-order valence-electron chi connectivity index (χ1n) is 6.34. The molecule has 3 rings (SSSR count). The van der Waals surface area contributed by atoms with Crippen molar-refractivity contribution < 1.29 is 4.79 Å². The third-order valence-corrected chi connectivity index (χ3v) is 4.41. The second kappa shape index (κ2) is 5.15. The zero-order valence-corrected chi connectivity index (χ0v) is 11.6. The monoisotopic (exact) mass is 272 g/mol. The molecule has 2 heterocycles. The van der Waals surface area contributed by atoms with Gasteiger partial charge in [-0.2, -0.15) is 11.3 Å². The molecular weight excluding hydrogens is 256 g/mol. The summed E-state index contributed by atoms with van der Waals surface area (Å²) in [5.41, 5.74) is 3.55. The maximum absolute atomic E-state index is 12.4. The van der Waals surface area contributed by atoms with Crippen LogP contribution in [0.1, 0.15) is 22.7 Å². The number of nitrogens with one attached hydrogen (secondary N) is 1. The number of thiophene rings is 1. The second-order valence-corrected chi connectivity index (χ2v) is 5.57. The van der Waals surface area contributed by atoms with Crippen molar-refractivity contribution in [2.24, 2.45) is 0 Å². The highest BCUT2D eigenvalue weighted by atomic mass is 32.1. The Morgan fingerprint density at radius 1 is 1.32 bits per heavy atom. The molecule has 0 radical (unpaired) electrons. The van der Waals surface area contributed by atoms with Crippen LogP contribution >= 0.6 is 11.3 Å². The summed E-state index contributed by atoms with van der Waals surface area (Å²) < 4.78 is 0. The van der Waals surface area contributed by atoms with Gasteiger partial charge in [0.25, 0.3) is 0 Å². The van der Waals surface area contributed by atoms with Gasteiger partial charge in [-0.05, 0) is 34.4 Å². The fourth-order valence-corrected chi connectivity index (χ4v) is 3.19. The molecule has 0 spiro atoms. The fourth-order valence-electron chi connectivity index (χ4n) is 2.34. The second-order valence-electron chi connectivity index (χ2n) is 4.82. The van der Waals surface area contributed by atoms with Crippen molar-refractivity contribution >= 4 is 17.2 Å². The number of carbonyl (C=O) groups excluding carboxylic acids is 1. The molecule has 4 heteroatoms. The smallest absolute Gasteiger partial charge is 0.245 e. The highest BCUT2D eigenvalue weighted by Crippen LogP contribution is 2.23. The van der Waals surface area contributed by atoms with Gasteiger partial charge in [0.1, 0.15) is 6.04 Å². The molecule has 1 unspecified atom stereocenters. The molecule has 1 aromatic heterocycles. The number of benzene rings is 1. The van der Waals surface area contributed by atoms with E-state index in [4.69, 9.17) is 0 Å². The number of carbonyl (C=O) groups is 1. The van der Waals surface area contributed by atoms with Crippen molar-refractivity contribution in [1.82, 2.24) is 10.2 Å². The van der Waals surface area contributed by atoms with E-state index in [1.807, 2.05) is 35.2 Å². The first-order valence-corrected chi connectivity index (χ1v) is 7.29. The molecule has 1 N–H and O–H groups in total. The van der Waals surface area contributed by atoms with E-state index in [0.29, 0.717) is 13.2 Å². The minimum absolute atomic E-state index is 0.164. The molecule has 1 amide bonds. The molecule has 1 aliphatic rings. The summed E-state index contributed by atoms with van der Waals surface area (Å²) in [7, 11) is 0. The Hall–Kier alpha value is -1.65. The third-order valence-electron chi connectivity index (χ3n) is 3.50. The van der Waals surface area contributed by atoms with E-state index in [1.165, 1.54) is 11.1 Å². The first-order chi connectivity index (χ1) is 9.25. The van der Waals surface area contributed by atoms with E-state index in [-0.39, 0.29) is 11.9 Å². The normalized spacial score (nSPS) is 19.1. The van der Waals surface area contributed by atoms with E-state index < -0.39 is 0 Å². The number of aryl methyl sites for hydroxylation is 1. The average Bonchev–Trinajstić information content (AvgIpc) is 2.99. The van der Waals surface area contributed by atoms with Crippen LogP contribution in [0, 0.1) is 6.92 Å². The number of amides is 1. The highest BCUT2D eigenvalue weighted by Gasteiger charge is 2.32. The van der Waals surface area contributed by atoms with Gasteiger partial charge in [-0.25, -0.2) is 0 Å². The van der Waals surface area contributed by atoms with Crippen molar-refractivity contribution in [3.63, 3.8) is 0 Å². The van der Waals surface area contributed by atoms with Crippen LogP contribution in [-0.4, -0.2) is 17.5 Å². The maximum atomic E-state index is 12.4. The van der Waals surface area contributed by atoms with Crippen molar-refractivity contribution in [1.29, 1.82) is 0 Å². The van der Waals surface area contributed by atoms with Gasteiger partial charge in [-0.15, -0.1) is 0 Å². The topological polar surface area (TPSA) is 32.3 Å². The SMILES string of the molecule is Cc1cscc1CN1CNC(c2ccccc2)C1=O. The molecular formula is C15H16N2OS. The molecule has 19 heavy (non-hydrogen) atoms. The Bertz CT molecular complexity index is 579. The lowest BCUT2D eigenvalue weighted by Gasteiger charge is -2.15. The summed E-state index contributed by atoms with van der Waals surface area (Å²) in [6, 6.07) is 9.70. The van der Waals surface area contributed by atoms with Gasteiger partial charge >= 0.3 is 0 Å². The molecule has 98 valence electrons. The summed E-state index contributed by atoms with van der Waals surface area (Å²) in [6.45, 7) is 3.41. The zero-order chi connectivity index (χ0) is 13.2. The number of hydrogen-bond donors (Lipinski definition) is 1. The largest absolute Gasteiger partial charge is 0.324 e. The summed E-state index contributed by atoms with van der Waals surface area (Å²) in [4.78, 5) is 14.3. The van der Waals surface area contributed by atoms with Gasteiger partial charge in [-0.3, -0.25) is 10.1 Å². The minimum atomic E-state index is -0.194. The average molecular weight is 272 g/mol. The lowest BCUT2D eigenvalue weighted by molar-refractivity contribution is -0.129. The van der Waals surface area contributed by atoms with Gasteiger partial charge in [0.05, 0.1) is 6.67 Å². The van der Waals surface area contributed by atoms with Crippen molar-refractivity contribution in [2.45, 2.75) is 19.5 Å². The Morgan fingerprint density at radius 2 is 2.11 bits per heavy atom. The summed E-state index contributed by atoms with van der Waals surface area (Å²) in [5, 5.41) is 7.53. The lowest BCUT2D eigenvalue weighted by Crippen LogP contribution is -2.26. The molecule has 3 nitrogen and oxygen atoms in total. The molecule has 0 aliphatic carbocycles. The first kappa shape index (κ1) is 12.4. The van der Waals surface area contributed by atoms with E-state index >= 15 is 0 Å². The van der Waals surface area contributed by atoms with Crippen LogP contribution in [0.15, 0.2) is 41.1 Å². The number of rotatable bonds is 3. The van der Waals surface area contributed by atoms with Crippen LogP contribution in [-0.2, 0) is 11.3 Å². The van der Waals surface area contributed by atoms with Crippen molar-refractivity contribution in [3.05, 3.63) is 57.8 Å². The molecule has 1 fully saturated rings.